The van der Waals surface area contributed by atoms with Crippen molar-refractivity contribution >= 4 is 22.8 Å². The molecule has 6 nitrogen and oxygen atoms in total. The number of fused-ring (bicyclic) bond motifs is 1. The Hall–Kier alpha value is -3.03. The highest BCUT2D eigenvalue weighted by molar-refractivity contribution is 5.91. The zero-order valence-electron chi connectivity index (χ0n) is 12.8. The number of aromatic nitrogens is 3. The quantitative estimate of drug-likeness (QED) is 0.685. The standard InChI is InChI=1S/C16H15F2N5O/c1-16(17,18)14-11-9-19-13(7-12(11)22-23-14)21-15(24)20-8-10-5-3-2-4-6-10/h2-7,9H,8H2,1H3,(H,22,23)(H2,19,20,21,24). The summed E-state index contributed by atoms with van der Waals surface area (Å²) in [6.07, 6.45) is 1.26. The molecule has 3 aromatic rings. The van der Waals surface area contributed by atoms with Crippen molar-refractivity contribution in [3.8, 4) is 0 Å². The molecule has 0 spiro atoms. The molecule has 2 heterocycles. The van der Waals surface area contributed by atoms with Crippen LogP contribution in [0, 0.1) is 0 Å². The molecular formula is C16H15F2N5O. The third kappa shape index (κ3) is 3.48. The number of amides is 2. The van der Waals surface area contributed by atoms with Crippen molar-refractivity contribution in [3.63, 3.8) is 0 Å². The van der Waals surface area contributed by atoms with Gasteiger partial charge in [0.25, 0.3) is 5.92 Å². The molecule has 0 fully saturated rings. The van der Waals surface area contributed by atoms with E-state index in [1.54, 1.807) is 0 Å². The van der Waals surface area contributed by atoms with Gasteiger partial charge in [-0.25, -0.2) is 9.78 Å². The lowest BCUT2D eigenvalue weighted by molar-refractivity contribution is 0.0142. The molecular weight excluding hydrogens is 316 g/mol. The fourth-order valence-electron chi connectivity index (χ4n) is 2.25. The maximum atomic E-state index is 13.4. The summed E-state index contributed by atoms with van der Waals surface area (Å²) < 4.78 is 26.8. The second kappa shape index (κ2) is 6.23. The van der Waals surface area contributed by atoms with Crippen molar-refractivity contribution in [1.29, 1.82) is 0 Å². The zero-order valence-corrected chi connectivity index (χ0v) is 12.8. The van der Waals surface area contributed by atoms with Gasteiger partial charge >= 0.3 is 6.03 Å². The molecule has 3 rings (SSSR count). The number of urea groups is 1. The molecule has 124 valence electrons. The van der Waals surface area contributed by atoms with Gasteiger partial charge in [-0.3, -0.25) is 10.4 Å². The number of hydrogen-bond donors (Lipinski definition) is 3. The fraction of sp³-hybridized carbons (Fsp3) is 0.188. The van der Waals surface area contributed by atoms with Crippen LogP contribution >= 0.6 is 0 Å². The van der Waals surface area contributed by atoms with Crippen LogP contribution in [0.5, 0.6) is 0 Å². The summed E-state index contributed by atoms with van der Waals surface area (Å²) in [5.41, 5.74) is 0.961. The molecule has 0 saturated carbocycles. The Balaban J connectivity index is 1.68. The van der Waals surface area contributed by atoms with Crippen LogP contribution in [-0.4, -0.2) is 21.2 Å². The number of nitrogens with zero attached hydrogens (tertiary/aromatic N) is 2. The molecule has 3 N–H and O–H groups in total. The lowest BCUT2D eigenvalue weighted by atomic mass is 10.2. The molecule has 8 heteroatoms. The van der Waals surface area contributed by atoms with E-state index in [1.165, 1.54) is 12.3 Å². The Labute approximate surface area is 136 Å². The van der Waals surface area contributed by atoms with Crippen molar-refractivity contribution < 1.29 is 13.6 Å². The number of alkyl halides is 2. The van der Waals surface area contributed by atoms with E-state index in [1.807, 2.05) is 30.3 Å². The fourth-order valence-corrected chi connectivity index (χ4v) is 2.25. The van der Waals surface area contributed by atoms with Gasteiger partial charge in [0.1, 0.15) is 11.5 Å². The predicted octanol–water partition coefficient (Wildman–Crippen LogP) is 3.39. The second-order valence-corrected chi connectivity index (χ2v) is 5.37. The van der Waals surface area contributed by atoms with Crippen molar-refractivity contribution in [2.75, 3.05) is 5.32 Å². The SMILES string of the molecule is CC(F)(F)c1[nH]nc2cc(NC(=O)NCc3ccccc3)ncc12. The Morgan fingerprint density at radius 2 is 2.04 bits per heavy atom. The normalized spacial score (nSPS) is 11.5. The maximum absolute atomic E-state index is 13.4. The molecule has 1 aromatic carbocycles. The summed E-state index contributed by atoms with van der Waals surface area (Å²) in [7, 11) is 0. The molecule has 2 aromatic heterocycles. The molecule has 0 atom stereocenters. The van der Waals surface area contributed by atoms with Crippen LogP contribution < -0.4 is 10.6 Å². The Kier molecular flexibility index (Phi) is 4.11. The molecule has 24 heavy (non-hydrogen) atoms. The molecule has 2 amide bonds. The van der Waals surface area contributed by atoms with Gasteiger partial charge in [0.15, 0.2) is 0 Å². The second-order valence-electron chi connectivity index (χ2n) is 5.37. The summed E-state index contributed by atoms with van der Waals surface area (Å²) >= 11 is 0. The number of pyridine rings is 1. The van der Waals surface area contributed by atoms with E-state index in [9.17, 15) is 13.6 Å². The lowest BCUT2D eigenvalue weighted by Gasteiger charge is -2.08. The largest absolute Gasteiger partial charge is 0.334 e. The first-order valence-corrected chi connectivity index (χ1v) is 7.24. The first-order valence-electron chi connectivity index (χ1n) is 7.24. The number of carbonyl (C=O) groups excluding carboxylic acids is 1. The van der Waals surface area contributed by atoms with Gasteiger partial charge in [-0.2, -0.15) is 13.9 Å². The monoisotopic (exact) mass is 331 g/mol. The van der Waals surface area contributed by atoms with Crippen LogP contribution in [0.25, 0.3) is 10.9 Å². The van der Waals surface area contributed by atoms with Gasteiger partial charge in [0, 0.05) is 31.1 Å². The van der Waals surface area contributed by atoms with Gasteiger partial charge in [0.2, 0.25) is 0 Å². The number of anilines is 1. The van der Waals surface area contributed by atoms with E-state index >= 15 is 0 Å². The number of benzene rings is 1. The van der Waals surface area contributed by atoms with Crippen molar-refractivity contribution in [2.45, 2.75) is 19.4 Å². The summed E-state index contributed by atoms with van der Waals surface area (Å²) in [6, 6.07) is 10.4. The highest BCUT2D eigenvalue weighted by atomic mass is 19.3. The first-order chi connectivity index (χ1) is 11.4. The van der Waals surface area contributed by atoms with Gasteiger partial charge in [-0.1, -0.05) is 30.3 Å². The zero-order chi connectivity index (χ0) is 17.2. The Morgan fingerprint density at radius 3 is 2.75 bits per heavy atom. The van der Waals surface area contributed by atoms with Gasteiger partial charge in [-0.15, -0.1) is 0 Å². The third-order valence-electron chi connectivity index (χ3n) is 3.42. The van der Waals surface area contributed by atoms with Crippen LogP contribution in [0.15, 0.2) is 42.6 Å². The highest BCUT2D eigenvalue weighted by Gasteiger charge is 2.29. The highest BCUT2D eigenvalue weighted by Crippen LogP contribution is 2.31. The van der Waals surface area contributed by atoms with Crippen molar-refractivity contribution in [1.82, 2.24) is 20.5 Å². The van der Waals surface area contributed by atoms with E-state index in [0.29, 0.717) is 12.1 Å². The van der Waals surface area contributed by atoms with Crippen LogP contribution in [0.2, 0.25) is 0 Å². The minimum Gasteiger partial charge on any atom is -0.334 e. The van der Waals surface area contributed by atoms with Crippen molar-refractivity contribution in [2.24, 2.45) is 0 Å². The van der Waals surface area contributed by atoms with E-state index in [0.717, 1.165) is 12.5 Å². The van der Waals surface area contributed by atoms with Gasteiger partial charge in [0.05, 0.1) is 5.52 Å². The Morgan fingerprint density at radius 1 is 1.29 bits per heavy atom. The lowest BCUT2D eigenvalue weighted by Crippen LogP contribution is -2.28. The number of halogens is 2. The molecule has 0 aliphatic heterocycles. The van der Waals surface area contributed by atoms with Crippen LogP contribution in [0.3, 0.4) is 0 Å². The van der Waals surface area contributed by atoms with E-state index in [2.05, 4.69) is 25.8 Å². The summed E-state index contributed by atoms with van der Waals surface area (Å²) in [5.74, 6) is -2.82. The topological polar surface area (TPSA) is 82.7 Å². The van der Waals surface area contributed by atoms with Gasteiger partial charge < -0.3 is 5.32 Å². The third-order valence-corrected chi connectivity index (χ3v) is 3.42. The molecule has 0 bridgehead atoms. The number of rotatable bonds is 4. The summed E-state index contributed by atoms with van der Waals surface area (Å²) in [5, 5.41) is 11.6. The minimum atomic E-state index is -3.04. The van der Waals surface area contributed by atoms with Gasteiger partial charge in [-0.05, 0) is 5.56 Å². The van der Waals surface area contributed by atoms with E-state index in [4.69, 9.17) is 0 Å². The average molecular weight is 331 g/mol. The predicted molar refractivity (Wildman–Crippen MR) is 85.8 cm³/mol. The Bertz CT molecular complexity index is 858. The van der Waals surface area contributed by atoms with Crippen LogP contribution in [-0.2, 0) is 12.5 Å². The molecule has 0 saturated heterocycles. The molecule has 0 aliphatic rings. The first kappa shape index (κ1) is 15.9. The number of carbonyl (C=O) groups is 1. The number of nitrogens with one attached hydrogen (secondary N) is 3. The van der Waals surface area contributed by atoms with E-state index < -0.39 is 12.0 Å². The van der Waals surface area contributed by atoms with Crippen molar-refractivity contribution in [3.05, 3.63) is 53.9 Å². The molecule has 0 unspecified atom stereocenters. The number of hydrogen-bond acceptors (Lipinski definition) is 3. The summed E-state index contributed by atoms with van der Waals surface area (Å²) in [6.45, 7) is 1.15. The van der Waals surface area contributed by atoms with Crippen LogP contribution in [0.4, 0.5) is 19.4 Å². The minimum absolute atomic E-state index is 0.220. The smallest absolute Gasteiger partial charge is 0.320 e. The van der Waals surface area contributed by atoms with Crippen LogP contribution in [0.1, 0.15) is 18.2 Å². The maximum Gasteiger partial charge on any atom is 0.320 e. The van der Waals surface area contributed by atoms with E-state index in [-0.39, 0.29) is 16.9 Å². The summed E-state index contributed by atoms with van der Waals surface area (Å²) in [4.78, 5) is 15.9. The molecule has 0 aliphatic carbocycles. The number of H-pyrrole nitrogens is 1. The number of aromatic amines is 1. The molecule has 0 radical (unpaired) electrons. The average Bonchev–Trinajstić information content (AvgIpc) is 2.97.